The van der Waals surface area contributed by atoms with Crippen LogP contribution in [0.25, 0.3) is 0 Å². The number of benzene rings is 1. The van der Waals surface area contributed by atoms with E-state index in [0.717, 1.165) is 37.2 Å². The zero-order chi connectivity index (χ0) is 13.8. The normalized spacial score (nSPS) is 15.9. The molecule has 0 aromatic heterocycles. The number of anilines is 1. The summed E-state index contributed by atoms with van der Waals surface area (Å²) in [6.45, 7) is 3.60. The SMILES string of the molecule is COC(=O)C1CCN(c2cc(C)ccc2C#N)CC1. The van der Waals surface area contributed by atoms with Gasteiger partial charge in [-0.2, -0.15) is 5.26 Å². The summed E-state index contributed by atoms with van der Waals surface area (Å²) in [5.41, 5.74) is 2.82. The van der Waals surface area contributed by atoms with E-state index in [0.29, 0.717) is 5.56 Å². The fraction of sp³-hybridized carbons (Fsp3) is 0.467. The number of nitrogens with zero attached hydrogens (tertiary/aromatic N) is 2. The summed E-state index contributed by atoms with van der Waals surface area (Å²) in [7, 11) is 1.43. The van der Waals surface area contributed by atoms with Crippen molar-refractivity contribution in [3.63, 3.8) is 0 Å². The Morgan fingerprint density at radius 3 is 2.68 bits per heavy atom. The maximum atomic E-state index is 11.5. The molecular formula is C15H18N2O2. The van der Waals surface area contributed by atoms with Crippen molar-refractivity contribution in [2.45, 2.75) is 19.8 Å². The summed E-state index contributed by atoms with van der Waals surface area (Å²) in [6.07, 6.45) is 1.57. The summed E-state index contributed by atoms with van der Waals surface area (Å²) in [6, 6.07) is 8.08. The van der Waals surface area contributed by atoms with Crippen molar-refractivity contribution in [1.82, 2.24) is 0 Å². The zero-order valence-electron chi connectivity index (χ0n) is 11.3. The van der Waals surface area contributed by atoms with E-state index < -0.39 is 0 Å². The van der Waals surface area contributed by atoms with Crippen LogP contribution in [0, 0.1) is 24.2 Å². The third-order valence-electron chi connectivity index (χ3n) is 3.64. The fourth-order valence-corrected chi connectivity index (χ4v) is 2.52. The van der Waals surface area contributed by atoms with Gasteiger partial charge in [-0.15, -0.1) is 0 Å². The number of ether oxygens (including phenoxy) is 1. The van der Waals surface area contributed by atoms with Crippen molar-refractivity contribution >= 4 is 11.7 Å². The first-order valence-corrected chi connectivity index (χ1v) is 6.49. The fourth-order valence-electron chi connectivity index (χ4n) is 2.52. The number of carbonyl (C=O) groups is 1. The standard InChI is InChI=1S/C15H18N2O2/c1-11-3-4-13(10-16)14(9-11)17-7-5-12(6-8-17)15(18)19-2/h3-4,9,12H,5-8H2,1-2H3. The Kier molecular flexibility index (Phi) is 4.06. The number of rotatable bonds is 2. The third kappa shape index (κ3) is 2.87. The molecule has 19 heavy (non-hydrogen) atoms. The molecule has 1 aliphatic heterocycles. The number of piperidine rings is 1. The summed E-state index contributed by atoms with van der Waals surface area (Å²) in [5.74, 6) is -0.124. The molecule has 0 N–H and O–H groups in total. The highest BCUT2D eigenvalue weighted by atomic mass is 16.5. The van der Waals surface area contributed by atoms with Crippen LogP contribution in [0.1, 0.15) is 24.0 Å². The highest BCUT2D eigenvalue weighted by molar-refractivity contribution is 5.73. The van der Waals surface area contributed by atoms with Gasteiger partial charge in [0.1, 0.15) is 6.07 Å². The maximum Gasteiger partial charge on any atom is 0.308 e. The first kappa shape index (κ1) is 13.4. The van der Waals surface area contributed by atoms with Crippen LogP contribution in [-0.2, 0) is 9.53 Å². The minimum Gasteiger partial charge on any atom is -0.469 e. The molecular weight excluding hydrogens is 240 g/mol. The lowest BCUT2D eigenvalue weighted by Crippen LogP contribution is -2.37. The van der Waals surface area contributed by atoms with Gasteiger partial charge in [0, 0.05) is 13.1 Å². The van der Waals surface area contributed by atoms with Crippen LogP contribution in [0.2, 0.25) is 0 Å². The Balaban J connectivity index is 2.12. The van der Waals surface area contributed by atoms with Crippen molar-refractivity contribution in [3.05, 3.63) is 29.3 Å². The van der Waals surface area contributed by atoms with E-state index in [9.17, 15) is 4.79 Å². The highest BCUT2D eigenvalue weighted by Crippen LogP contribution is 2.27. The average molecular weight is 258 g/mol. The van der Waals surface area contributed by atoms with Crippen LogP contribution < -0.4 is 4.90 Å². The number of nitriles is 1. The van der Waals surface area contributed by atoms with Gasteiger partial charge in [-0.1, -0.05) is 6.07 Å². The first-order chi connectivity index (χ1) is 9.15. The predicted molar refractivity (Wildman–Crippen MR) is 72.8 cm³/mol. The number of methoxy groups -OCH3 is 1. The molecule has 1 heterocycles. The number of carbonyl (C=O) groups excluding carboxylic acids is 1. The minimum atomic E-state index is -0.121. The largest absolute Gasteiger partial charge is 0.469 e. The molecule has 1 fully saturated rings. The smallest absolute Gasteiger partial charge is 0.308 e. The van der Waals surface area contributed by atoms with Crippen molar-refractivity contribution in [2.75, 3.05) is 25.1 Å². The molecule has 100 valence electrons. The topological polar surface area (TPSA) is 53.3 Å². The summed E-state index contributed by atoms with van der Waals surface area (Å²) >= 11 is 0. The summed E-state index contributed by atoms with van der Waals surface area (Å²) in [4.78, 5) is 13.7. The van der Waals surface area contributed by atoms with Gasteiger partial charge in [0.25, 0.3) is 0 Å². The lowest BCUT2D eigenvalue weighted by Gasteiger charge is -2.33. The van der Waals surface area contributed by atoms with Crippen LogP contribution in [0.15, 0.2) is 18.2 Å². The summed E-state index contributed by atoms with van der Waals surface area (Å²) < 4.78 is 4.78. The number of hydrogen-bond acceptors (Lipinski definition) is 4. The maximum absolute atomic E-state index is 11.5. The van der Waals surface area contributed by atoms with Gasteiger partial charge in [-0.05, 0) is 37.5 Å². The Labute approximate surface area is 113 Å². The molecule has 0 radical (unpaired) electrons. The molecule has 1 saturated heterocycles. The van der Waals surface area contributed by atoms with Gasteiger partial charge in [-0.25, -0.2) is 0 Å². The van der Waals surface area contributed by atoms with Gasteiger partial charge in [-0.3, -0.25) is 4.79 Å². The predicted octanol–water partition coefficient (Wildman–Crippen LogP) is 2.26. The van der Waals surface area contributed by atoms with E-state index in [2.05, 4.69) is 11.0 Å². The molecule has 0 atom stereocenters. The van der Waals surface area contributed by atoms with Crippen LogP contribution >= 0.6 is 0 Å². The van der Waals surface area contributed by atoms with Crippen molar-refractivity contribution in [3.8, 4) is 6.07 Å². The van der Waals surface area contributed by atoms with Gasteiger partial charge < -0.3 is 9.64 Å². The molecule has 0 spiro atoms. The van der Waals surface area contributed by atoms with Crippen LogP contribution in [0.3, 0.4) is 0 Å². The van der Waals surface area contributed by atoms with E-state index in [1.807, 2.05) is 25.1 Å². The lowest BCUT2D eigenvalue weighted by molar-refractivity contribution is -0.146. The quantitative estimate of drug-likeness (QED) is 0.763. The van der Waals surface area contributed by atoms with Crippen LogP contribution in [-0.4, -0.2) is 26.2 Å². The van der Waals surface area contributed by atoms with Crippen molar-refractivity contribution < 1.29 is 9.53 Å². The first-order valence-electron chi connectivity index (χ1n) is 6.49. The monoisotopic (exact) mass is 258 g/mol. The Morgan fingerprint density at radius 1 is 1.42 bits per heavy atom. The Bertz CT molecular complexity index is 511. The molecule has 4 nitrogen and oxygen atoms in total. The third-order valence-corrected chi connectivity index (χ3v) is 3.64. The molecule has 1 aromatic carbocycles. The van der Waals surface area contributed by atoms with E-state index in [1.54, 1.807) is 0 Å². The number of hydrogen-bond donors (Lipinski definition) is 0. The molecule has 0 saturated carbocycles. The molecule has 0 unspecified atom stereocenters. The van der Waals surface area contributed by atoms with Gasteiger partial charge in [0.15, 0.2) is 0 Å². The molecule has 1 aromatic rings. The number of esters is 1. The molecule has 1 aliphatic rings. The zero-order valence-corrected chi connectivity index (χ0v) is 11.3. The Morgan fingerprint density at radius 2 is 2.11 bits per heavy atom. The molecule has 0 bridgehead atoms. The van der Waals surface area contributed by atoms with Gasteiger partial charge >= 0.3 is 5.97 Å². The van der Waals surface area contributed by atoms with Crippen LogP contribution in [0.4, 0.5) is 5.69 Å². The summed E-state index contributed by atoms with van der Waals surface area (Å²) in [5, 5.41) is 9.17. The second kappa shape index (κ2) is 5.75. The molecule has 0 aliphatic carbocycles. The van der Waals surface area contributed by atoms with E-state index in [4.69, 9.17) is 10.00 Å². The van der Waals surface area contributed by atoms with E-state index in [-0.39, 0.29) is 11.9 Å². The Hall–Kier alpha value is -2.02. The van der Waals surface area contributed by atoms with Crippen LogP contribution in [0.5, 0.6) is 0 Å². The van der Waals surface area contributed by atoms with Crippen molar-refractivity contribution in [2.24, 2.45) is 5.92 Å². The van der Waals surface area contributed by atoms with Gasteiger partial charge in [0.05, 0.1) is 24.3 Å². The van der Waals surface area contributed by atoms with E-state index >= 15 is 0 Å². The number of aryl methyl sites for hydroxylation is 1. The van der Waals surface area contributed by atoms with E-state index in [1.165, 1.54) is 7.11 Å². The minimum absolute atomic E-state index is 0.00315. The lowest BCUT2D eigenvalue weighted by atomic mass is 9.96. The average Bonchev–Trinajstić information content (AvgIpc) is 2.46. The van der Waals surface area contributed by atoms with Crippen molar-refractivity contribution in [1.29, 1.82) is 5.26 Å². The second-order valence-electron chi connectivity index (χ2n) is 4.92. The molecule has 2 rings (SSSR count). The molecule has 4 heteroatoms. The molecule has 0 amide bonds. The second-order valence-corrected chi connectivity index (χ2v) is 4.92. The highest BCUT2D eigenvalue weighted by Gasteiger charge is 2.26. The van der Waals surface area contributed by atoms with Gasteiger partial charge in [0.2, 0.25) is 0 Å².